The Labute approximate surface area is 185 Å². The number of carboxylic acid groups (broad SMARTS) is 1. The molecule has 2 aliphatic carbocycles. The minimum absolute atomic E-state index is 0.0457. The lowest BCUT2D eigenvalue weighted by Crippen LogP contribution is -2.37. The van der Waals surface area contributed by atoms with E-state index in [4.69, 9.17) is 26.2 Å². The molecule has 1 aromatic rings. The SMILES string of the molecule is COc1cc(C2C3=C(CCCC3=O)N(C)C3=C2C(=O)CCC3)cc(Cl)c1OCC(=O)O. The molecule has 3 aliphatic rings. The molecule has 0 atom stereocenters. The molecule has 1 aromatic carbocycles. The lowest BCUT2D eigenvalue weighted by atomic mass is 9.71. The van der Waals surface area contributed by atoms with Crippen LogP contribution in [0.15, 0.2) is 34.7 Å². The van der Waals surface area contributed by atoms with Gasteiger partial charge < -0.3 is 19.5 Å². The van der Waals surface area contributed by atoms with Gasteiger partial charge in [0, 0.05) is 48.3 Å². The van der Waals surface area contributed by atoms with Gasteiger partial charge in [0.2, 0.25) is 0 Å². The van der Waals surface area contributed by atoms with Gasteiger partial charge in [-0.15, -0.1) is 0 Å². The van der Waals surface area contributed by atoms with Gasteiger partial charge in [-0.2, -0.15) is 0 Å². The number of nitrogens with zero attached hydrogens (tertiary/aromatic N) is 1. The Morgan fingerprint density at radius 2 is 1.68 bits per heavy atom. The third-order valence-electron chi connectivity index (χ3n) is 6.17. The summed E-state index contributed by atoms with van der Waals surface area (Å²) in [6, 6.07) is 3.34. The van der Waals surface area contributed by atoms with E-state index in [0.29, 0.717) is 29.6 Å². The number of Topliss-reactive ketones (excluding diaryl/α,β-unsaturated/α-hetero) is 2. The van der Waals surface area contributed by atoms with E-state index in [1.54, 1.807) is 12.1 Å². The second-order valence-corrected chi connectivity index (χ2v) is 8.39. The summed E-state index contributed by atoms with van der Waals surface area (Å²) in [5.74, 6) is -1.17. The highest BCUT2D eigenvalue weighted by Gasteiger charge is 2.42. The van der Waals surface area contributed by atoms with Crippen molar-refractivity contribution in [2.45, 2.75) is 44.4 Å². The van der Waals surface area contributed by atoms with Crippen LogP contribution in [0.1, 0.15) is 50.0 Å². The largest absolute Gasteiger partial charge is 0.493 e. The first-order valence-corrected chi connectivity index (χ1v) is 10.7. The zero-order valence-corrected chi connectivity index (χ0v) is 18.3. The van der Waals surface area contributed by atoms with Crippen LogP contribution >= 0.6 is 11.6 Å². The number of hydrogen-bond acceptors (Lipinski definition) is 6. The van der Waals surface area contributed by atoms with Crippen LogP contribution in [0.2, 0.25) is 5.02 Å². The minimum Gasteiger partial charge on any atom is -0.493 e. The van der Waals surface area contributed by atoms with Crippen molar-refractivity contribution in [3.63, 3.8) is 0 Å². The average molecular weight is 446 g/mol. The molecule has 1 N–H and O–H groups in total. The van der Waals surface area contributed by atoms with Crippen molar-refractivity contribution in [3.05, 3.63) is 45.3 Å². The Bertz CT molecular complexity index is 997. The molecule has 31 heavy (non-hydrogen) atoms. The van der Waals surface area contributed by atoms with Crippen LogP contribution in [0.5, 0.6) is 11.5 Å². The van der Waals surface area contributed by atoms with Gasteiger partial charge >= 0.3 is 5.97 Å². The third kappa shape index (κ3) is 3.71. The number of carboxylic acids is 1. The maximum atomic E-state index is 13.1. The number of halogens is 1. The van der Waals surface area contributed by atoms with Gasteiger partial charge in [-0.25, -0.2) is 4.79 Å². The van der Waals surface area contributed by atoms with Gasteiger partial charge in [0.05, 0.1) is 12.1 Å². The standard InChI is InChI=1S/C23H24ClNO6/c1-25-14-5-3-7-16(26)21(14)20(22-15(25)6-4-8-17(22)27)12-9-13(24)23(18(10-12)30-2)31-11-19(28)29/h9-10,20H,3-8,11H2,1-2H3,(H,28,29). The predicted molar refractivity (Wildman–Crippen MR) is 113 cm³/mol. The van der Waals surface area contributed by atoms with Crippen LogP contribution in [0, 0.1) is 0 Å². The number of aliphatic carboxylic acids is 1. The van der Waals surface area contributed by atoms with Gasteiger partial charge in [0.15, 0.2) is 29.7 Å². The topological polar surface area (TPSA) is 93.1 Å². The Morgan fingerprint density at radius 3 is 2.19 bits per heavy atom. The van der Waals surface area contributed by atoms with Crippen LogP contribution in [0.4, 0.5) is 0 Å². The number of carbonyl (C=O) groups is 3. The zero-order valence-electron chi connectivity index (χ0n) is 17.5. The van der Waals surface area contributed by atoms with E-state index in [0.717, 1.165) is 37.1 Å². The maximum absolute atomic E-state index is 13.1. The molecule has 0 amide bonds. The van der Waals surface area contributed by atoms with Crippen molar-refractivity contribution in [1.82, 2.24) is 4.90 Å². The highest BCUT2D eigenvalue weighted by Crippen LogP contribution is 2.50. The lowest BCUT2D eigenvalue weighted by molar-refractivity contribution is -0.139. The van der Waals surface area contributed by atoms with Gasteiger partial charge in [0.25, 0.3) is 0 Å². The van der Waals surface area contributed by atoms with Crippen LogP contribution in [-0.2, 0) is 14.4 Å². The molecule has 7 nitrogen and oxygen atoms in total. The van der Waals surface area contributed by atoms with Crippen molar-refractivity contribution in [2.24, 2.45) is 0 Å². The fourth-order valence-corrected chi connectivity index (χ4v) is 5.14. The summed E-state index contributed by atoms with van der Waals surface area (Å²) in [4.78, 5) is 39.1. The normalized spacial score (nSPS) is 19.4. The molecule has 0 unspecified atom stereocenters. The fraction of sp³-hybridized carbons (Fsp3) is 0.435. The van der Waals surface area contributed by atoms with Gasteiger partial charge in [-0.1, -0.05) is 11.6 Å². The van der Waals surface area contributed by atoms with Crippen molar-refractivity contribution in [2.75, 3.05) is 20.8 Å². The van der Waals surface area contributed by atoms with Crippen LogP contribution in [0.3, 0.4) is 0 Å². The molecule has 0 saturated heterocycles. The fourth-order valence-electron chi connectivity index (χ4n) is 4.87. The van der Waals surface area contributed by atoms with Crippen molar-refractivity contribution < 1.29 is 29.0 Å². The second-order valence-electron chi connectivity index (χ2n) is 7.98. The van der Waals surface area contributed by atoms with Crippen LogP contribution < -0.4 is 9.47 Å². The molecule has 4 rings (SSSR count). The summed E-state index contributed by atoms with van der Waals surface area (Å²) >= 11 is 6.46. The predicted octanol–water partition coefficient (Wildman–Crippen LogP) is 3.86. The molecule has 164 valence electrons. The second kappa shape index (κ2) is 8.38. The van der Waals surface area contributed by atoms with Crippen LogP contribution in [0.25, 0.3) is 0 Å². The highest BCUT2D eigenvalue weighted by molar-refractivity contribution is 6.32. The van der Waals surface area contributed by atoms with E-state index in [-0.39, 0.29) is 28.1 Å². The summed E-state index contributed by atoms with van der Waals surface area (Å²) in [6.07, 6.45) is 4.04. The van der Waals surface area contributed by atoms with E-state index >= 15 is 0 Å². The number of methoxy groups -OCH3 is 1. The zero-order chi connectivity index (χ0) is 22.3. The molecule has 0 bridgehead atoms. The van der Waals surface area contributed by atoms with Gasteiger partial charge in [-0.05, 0) is 43.4 Å². The lowest BCUT2D eigenvalue weighted by Gasteiger charge is -2.42. The number of ether oxygens (including phenoxy) is 2. The average Bonchev–Trinajstić information content (AvgIpc) is 2.73. The third-order valence-corrected chi connectivity index (χ3v) is 6.45. The molecule has 0 saturated carbocycles. The maximum Gasteiger partial charge on any atom is 0.341 e. The quantitative estimate of drug-likeness (QED) is 0.735. The molecule has 0 radical (unpaired) electrons. The number of benzene rings is 1. The first kappa shape index (κ1) is 21.4. The van der Waals surface area contributed by atoms with Crippen molar-refractivity contribution in [1.29, 1.82) is 0 Å². The first-order chi connectivity index (χ1) is 14.8. The Balaban J connectivity index is 1.89. The van der Waals surface area contributed by atoms with E-state index in [1.807, 2.05) is 11.9 Å². The number of allylic oxidation sites excluding steroid dienone is 4. The van der Waals surface area contributed by atoms with E-state index < -0.39 is 18.5 Å². The molecule has 0 fully saturated rings. The monoisotopic (exact) mass is 445 g/mol. The Hall–Kier alpha value is -2.80. The van der Waals surface area contributed by atoms with Crippen LogP contribution in [-0.4, -0.2) is 48.3 Å². The number of rotatable bonds is 5. The van der Waals surface area contributed by atoms with E-state index in [2.05, 4.69) is 0 Å². The number of hydrogen-bond donors (Lipinski definition) is 1. The van der Waals surface area contributed by atoms with Gasteiger partial charge in [0.1, 0.15) is 0 Å². The summed E-state index contributed by atoms with van der Waals surface area (Å²) in [7, 11) is 3.37. The Kier molecular flexibility index (Phi) is 5.79. The number of ketones is 2. The molecule has 1 aliphatic heterocycles. The minimum atomic E-state index is -1.14. The molecular weight excluding hydrogens is 422 g/mol. The molecule has 0 aromatic heterocycles. The van der Waals surface area contributed by atoms with Crippen molar-refractivity contribution >= 4 is 29.1 Å². The highest BCUT2D eigenvalue weighted by atomic mass is 35.5. The Morgan fingerprint density at radius 1 is 1.10 bits per heavy atom. The summed E-state index contributed by atoms with van der Waals surface area (Å²) in [5.41, 5.74) is 3.91. The summed E-state index contributed by atoms with van der Waals surface area (Å²) in [5, 5.41) is 9.10. The molecule has 1 heterocycles. The first-order valence-electron chi connectivity index (χ1n) is 10.3. The number of carbonyl (C=O) groups excluding carboxylic acids is 2. The van der Waals surface area contributed by atoms with E-state index in [9.17, 15) is 14.4 Å². The molecule has 0 spiro atoms. The van der Waals surface area contributed by atoms with Crippen molar-refractivity contribution in [3.8, 4) is 11.5 Å². The van der Waals surface area contributed by atoms with E-state index in [1.165, 1.54) is 7.11 Å². The van der Waals surface area contributed by atoms with Gasteiger partial charge in [-0.3, -0.25) is 9.59 Å². The summed E-state index contributed by atoms with van der Waals surface area (Å²) in [6.45, 7) is -0.564. The molecule has 8 heteroatoms. The smallest absolute Gasteiger partial charge is 0.341 e. The molecular formula is C23H24ClNO6. The summed E-state index contributed by atoms with van der Waals surface area (Å²) < 4.78 is 10.7.